The first-order valence-electron chi connectivity index (χ1n) is 9.15. The number of aryl methyl sites for hydroxylation is 2. The van der Waals surface area contributed by atoms with Gasteiger partial charge in [0.25, 0.3) is 0 Å². The van der Waals surface area contributed by atoms with E-state index in [0.717, 1.165) is 22.3 Å². The fourth-order valence-corrected chi connectivity index (χ4v) is 3.27. The summed E-state index contributed by atoms with van der Waals surface area (Å²) in [5, 5.41) is 19.6. The number of hydrogen-bond donors (Lipinski definition) is 2. The molecular weight excluding hydrogens is 372 g/mol. The highest BCUT2D eigenvalue weighted by atomic mass is 32.2. The fraction of sp³-hybridized carbons (Fsp3) is 0.348. The number of rotatable bonds is 8. The van der Waals surface area contributed by atoms with Gasteiger partial charge in [0.15, 0.2) is 5.60 Å². The zero-order valence-electron chi connectivity index (χ0n) is 17.0. The van der Waals surface area contributed by atoms with E-state index in [4.69, 9.17) is 4.74 Å². The average Bonchev–Trinajstić information content (AvgIpc) is 2.64. The van der Waals surface area contributed by atoms with Crippen LogP contribution in [0.25, 0.3) is 0 Å². The quantitative estimate of drug-likeness (QED) is 0.477. The summed E-state index contributed by atoms with van der Waals surface area (Å²) in [6, 6.07) is 11.9. The second kappa shape index (κ2) is 9.30. The molecule has 0 radical (unpaired) electrons. The van der Waals surface area contributed by atoms with Crippen molar-refractivity contribution < 1.29 is 19.7 Å². The van der Waals surface area contributed by atoms with E-state index in [9.17, 15) is 15.0 Å². The van der Waals surface area contributed by atoms with Crippen LogP contribution >= 0.6 is 11.8 Å². The SMILES string of the molecule is CSc1ccc(C(O)/C=C/Cc2cc(C)c(OC(C)(C)C(=O)O)c(C)c2)cc1. The zero-order chi connectivity index (χ0) is 20.9. The standard InChI is InChI=1S/C23H28O4S/c1-15-13-17(14-16(2)21(15)27-23(3,4)22(25)26)7-6-8-20(24)18-9-11-19(28-5)12-10-18/h6,8-14,20,24H,7H2,1-5H3,(H,25,26)/b8-6+. The molecule has 0 amide bonds. The number of benzene rings is 2. The summed E-state index contributed by atoms with van der Waals surface area (Å²) >= 11 is 1.67. The zero-order valence-corrected chi connectivity index (χ0v) is 17.8. The Kier molecular flexibility index (Phi) is 7.33. The second-order valence-corrected chi connectivity index (χ2v) is 8.21. The number of ether oxygens (including phenoxy) is 1. The molecule has 2 aromatic carbocycles. The Labute approximate surface area is 171 Å². The van der Waals surface area contributed by atoms with Crippen molar-refractivity contribution in [3.8, 4) is 5.75 Å². The number of aliphatic hydroxyl groups excluding tert-OH is 1. The minimum atomic E-state index is -1.28. The molecule has 2 rings (SSSR count). The molecule has 0 aromatic heterocycles. The molecule has 0 aliphatic rings. The van der Waals surface area contributed by atoms with Gasteiger partial charge < -0.3 is 14.9 Å². The molecule has 4 nitrogen and oxygen atoms in total. The number of carboxylic acid groups (broad SMARTS) is 1. The summed E-state index contributed by atoms with van der Waals surface area (Å²) in [5.74, 6) is -0.396. The maximum Gasteiger partial charge on any atom is 0.347 e. The van der Waals surface area contributed by atoms with Gasteiger partial charge in [0.05, 0.1) is 6.10 Å². The lowest BCUT2D eigenvalue weighted by molar-refractivity contribution is -0.152. The molecule has 0 saturated heterocycles. The molecule has 0 heterocycles. The molecule has 1 atom stereocenters. The van der Waals surface area contributed by atoms with Gasteiger partial charge in [-0.1, -0.05) is 36.4 Å². The first-order chi connectivity index (χ1) is 13.1. The molecule has 0 bridgehead atoms. The molecule has 150 valence electrons. The molecule has 1 unspecified atom stereocenters. The Balaban J connectivity index is 2.08. The maximum atomic E-state index is 11.3. The summed E-state index contributed by atoms with van der Waals surface area (Å²) in [4.78, 5) is 12.5. The molecule has 5 heteroatoms. The van der Waals surface area contributed by atoms with E-state index in [0.29, 0.717) is 12.2 Å². The van der Waals surface area contributed by atoms with Gasteiger partial charge in [-0.3, -0.25) is 0 Å². The average molecular weight is 401 g/mol. The van der Waals surface area contributed by atoms with Crippen molar-refractivity contribution >= 4 is 17.7 Å². The molecule has 2 N–H and O–H groups in total. The lowest BCUT2D eigenvalue weighted by atomic mass is 10.0. The van der Waals surface area contributed by atoms with Crippen LogP contribution in [-0.4, -0.2) is 28.0 Å². The highest BCUT2D eigenvalue weighted by Gasteiger charge is 2.30. The van der Waals surface area contributed by atoms with Crippen molar-refractivity contribution in [2.45, 2.75) is 50.7 Å². The molecule has 0 aliphatic heterocycles. The van der Waals surface area contributed by atoms with E-state index in [1.54, 1.807) is 17.8 Å². The lowest BCUT2D eigenvalue weighted by Gasteiger charge is -2.24. The minimum Gasteiger partial charge on any atom is -0.478 e. The highest BCUT2D eigenvalue weighted by molar-refractivity contribution is 7.98. The molecule has 0 spiro atoms. The lowest BCUT2D eigenvalue weighted by Crippen LogP contribution is -2.38. The van der Waals surface area contributed by atoms with Crippen molar-refractivity contribution in [3.63, 3.8) is 0 Å². The first-order valence-corrected chi connectivity index (χ1v) is 10.4. The van der Waals surface area contributed by atoms with Crippen molar-refractivity contribution in [1.82, 2.24) is 0 Å². The van der Waals surface area contributed by atoms with E-state index in [1.807, 2.05) is 62.6 Å². The molecule has 0 saturated carbocycles. The van der Waals surface area contributed by atoms with Gasteiger partial charge >= 0.3 is 5.97 Å². The Hall–Kier alpha value is -2.24. The number of hydrogen-bond acceptors (Lipinski definition) is 4. The van der Waals surface area contributed by atoms with Crippen LogP contribution in [-0.2, 0) is 11.2 Å². The van der Waals surface area contributed by atoms with Gasteiger partial charge in [-0.05, 0) is 74.8 Å². The number of carbonyl (C=O) groups is 1. The predicted molar refractivity (Wildman–Crippen MR) is 114 cm³/mol. The van der Waals surface area contributed by atoms with E-state index in [1.165, 1.54) is 18.7 Å². The van der Waals surface area contributed by atoms with Crippen molar-refractivity contribution in [3.05, 3.63) is 70.8 Å². The molecule has 0 fully saturated rings. The van der Waals surface area contributed by atoms with Crippen LogP contribution in [0.2, 0.25) is 0 Å². The van der Waals surface area contributed by atoms with Crippen LogP contribution in [0.15, 0.2) is 53.4 Å². The van der Waals surface area contributed by atoms with Crippen LogP contribution < -0.4 is 4.74 Å². The Morgan fingerprint density at radius 1 is 1.18 bits per heavy atom. The van der Waals surface area contributed by atoms with Crippen LogP contribution in [0.3, 0.4) is 0 Å². The minimum absolute atomic E-state index is 0.606. The third-order valence-electron chi connectivity index (χ3n) is 4.52. The van der Waals surface area contributed by atoms with Crippen molar-refractivity contribution in [1.29, 1.82) is 0 Å². The summed E-state index contributed by atoms with van der Waals surface area (Å²) in [6.45, 7) is 6.90. The Morgan fingerprint density at radius 2 is 1.75 bits per heavy atom. The van der Waals surface area contributed by atoms with Gasteiger partial charge in [-0.2, -0.15) is 0 Å². The van der Waals surface area contributed by atoms with Crippen molar-refractivity contribution in [2.24, 2.45) is 0 Å². The largest absolute Gasteiger partial charge is 0.478 e. The van der Waals surface area contributed by atoms with Gasteiger partial charge in [-0.15, -0.1) is 11.8 Å². The molecule has 28 heavy (non-hydrogen) atoms. The normalized spacial score (nSPS) is 12.9. The second-order valence-electron chi connectivity index (χ2n) is 7.33. The van der Waals surface area contributed by atoms with Crippen LogP contribution in [0.5, 0.6) is 5.75 Å². The van der Waals surface area contributed by atoms with Crippen LogP contribution in [0, 0.1) is 13.8 Å². The summed E-state index contributed by atoms with van der Waals surface area (Å²) in [6.07, 6.45) is 5.79. The number of thioether (sulfide) groups is 1. The third-order valence-corrected chi connectivity index (χ3v) is 5.27. The Morgan fingerprint density at radius 3 is 2.25 bits per heavy atom. The predicted octanol–water partition coefficient (Wildman–Crippen LogP) is 5.10. The molecule has 2 aromatic rings. The molecular formula is C23H28O4S. The number of aliphatic hydroxyl groups is 1. The van der Waals surface area contributed by atoms with Gasteiger partial charge in [0.1, 0.15) is 5.75 Å². The Bertz CT molecular complexity index is 830. The van der Waals surface area contributed by atoms with E-state index < -0.39 is 17.7 Å². The van der Waals surface area contributed by atoms with Gasteiger partial charge in [0, 0.05) is 4.90 Å². The third kappa shape index (κ3) is 5.63. The maximum absolute atomic E-state index is 11.3. The van der Waals surface area contributed by atoms with E-state index in [2.05, 4.69) is 0 Å². The summed E-state index contributed by atoms with van der Waals surface area (Å²) in [5.41, 5.74) is 2.45. The topological polar surface area (TPSA) is 66.8 Å². The summed E-state index contributed by atoms with van der Waals surface area (Å²) in [7, 11) is 0. The number of carboxylic acids is 1. The van der Waals surface area contributed by atoms with E-state index >= 15 is 0 Å². The number of allylic oxidation sites excluding steroid dienone is 1. The highest BCUT2D eigenvalue weighted by Crippen LogP contribution is 2.29. The van der Waals surface area contributed by atoms with Crippen molar-refractivity contribution in [2.75, 3.05) is 6.26 Å². The monoisotopic (exact) mass is 400 g/mol. The van der Waals surface area contributed by atoms with Crippen LogP contribution in [0.1, 0.15) is 42.2 Å². The summed E-state index contributed by atoms with van der Waals surface area (Å²) < 4.78 is 5.74. The number of aliphatic carboxylic acids is 1. The molecule has 0 aliphatic carbocycles. The van der Waals surface area contributed by atoms with Gasteiger partial charge in [-0.25, -0.2) is 4.79 Å². The van der Waals surface area contributed by atoms with E-state index in [-0.39, 0.29) is 0 Å². The smallest absolute Gasteiger partial charge is 0.347 e. The first kappa shape index (κ1) is 22.1. The van der Waals surface area contributed by atoms with Crippen LogP contribution in [0.4, 0.5) is 0 Å². The fourth-order valence-electron chi connectivity index (χ4n) is 2.86. The van der Waals surface area contributed by atoms with Gasteiger partial charge in [0.2, 0.25) is 0 Å².